The van der Waals surface area contributed by atoms with Crippen molar-refractivity contribution in [3.05, 3.63) is 0 Å². The zero-order valence-electron chi connectivity index (χ0n) is 4.53. The summed E-state index contributed by atoms with van der Waals surface area (Å²) in [6.07, 6.45) is -2.18. The second-order valence-corrected chi connectivity index (χ2v) is 2.02. The molecule has 0 aliphatic carbocycles. The summed E-state index contributed by atoms with van der Waals surface area (Å²) in [4.78, 5) is 0. The van der Waals surface area contributed by atoms with Crippen molar-refractivity contribution in [2.24, 2.45) is 0 Å². The van der Waals surface area contributed by atoms with Gasteiger partial charge in [0.15, 0.2) is 0 Å². The molecule has 1 fully saturated rings. The fourth-order valence-corrected chi connectivity index (χ4v) is 0.789. The maximum atomic E-state index is 12.2. The molecule has 2 atom stereocenters. The van der Waals surface area contributed by atoms with E-state index in [2.05, 4.69) is 5.32 Å². The molecule has 1 aliphatic rings. The predicted octanol–water partition coefficient (Wildman–Crippen LogP) is 0.656. The molecule has 0 bridgehead atoms. The third kappa shape index (κ3) is 1.15. The van der Waals surface area contributed by atoms with Gasteiger partial charge in [0.05, 0.1) is 0 Å². The van der Waals surface area contributed by atoms with E-state index in [9.17, 15) is 8.78 Å². The molecule has 0 aromatic carbocycles. The number of nitrogens with one attached hydrogen (secondary N) is 1. The van der Waals surface area contributed by atoms with Gasteiger partial charge in [0.25, 0.3) is 0 Å². The standard InChI is InChI=1S/C5H9F2N/c6-4-1-2-8-3-5(4)7/h4-5,8H,1-3H2/t4-,5+/m1/s1. The fourth-order valence-electron chi connectivity index (χ4n) is 0.789. The van der Waals surface area contributed by atoms with E-state index in [1.54, 1.807) is 0 Å². The first kappa shape index (κ1) is 5.95. The highest BCUT2D eigenvalue weighted by Crippen LogP contribution is 2.10. The molecule has 3 heteroatoms. The van der Waals surface area contributed by atoms with Crippen LogP contribution in [0.2, 0.25) is 0 Å². The average Bonchev–Trinajstić information content (AvgIpc) is 1.77. The van der Waals surface area contributed by atoms with Crippen LogP contribution in [-0.2, 0) is 0 Å². The fraction of sp³-hybridized carbons (Fsp3) is 1.00. The van der Waals surface area contributed by atoms with Gasteiger partial charge in [-0.15, -0.1) is 0 Å². The molecule has 0 radical (unpaired) electrons. The summed E-state index contributed by atoms with van der Waals surface area (Å²) in [5, 5.41) is 2.75. The Kier molecular flexibility index (Phi) is 1.78. The molecule has 48 valence electrons. The first-order chi connectivity index (χ1) is 3.80. The van der Waals surface area contributed by atoms with Crippen LogP contribution in [0.4, 0.5) is 8.78 Å². The maximum absolute atomic E-state index is 12.2. The van der Waals surface area contributed by atoms with Crippen molar-refractivity contribution in [2.75, 3.05) is 13.1 Å². The predicted molar refractivity (Wildman–Crippen MR) is 27.3 cm³/mol. The quantitative estimate of drug-likeness (QED) is 0.496. The van der Waals surface area contributed by atoms with E-state index < -0.39 is 12.3 Å². The molecule has 1 N–H and O–H groups in total. The number of piperidine rings is 1. The minimum absolute atomic E-state index is 0.182. The van der Waals surface area contributed by atoms with Gasteiger partial charge >= 0.3 is 0 Å². The van der Waals surface area contributed by atoms with Crippen LogP contribution in [0.3, 0.4) is 0 Å². The highest BCUT2D eigenvalue weighted by molar-refractivity contribution is 4.76. The van der Waals surface area contributed by atoms with Crippen LogP contribution < -0.4 is 5.32 Å². The molecule has 1 heterocycles. The molecule has 0 amide bonds. The smallest absolute Gasteiger partial charge is 0.144 e. The van der Waals surface area contributed by atoms with Crippen molar-refractivity contribution < 1.29 is 8.78 Å². The van der Waals surface area contributed by atoms with Gasteiger partial charge in [-0.3, -0.25) is 0 Å². The normalized spacial score (nSPS) is 39.8. The largest absolute Gasteiger partial charge is 0.314 e. The number of alkyl halides is 2. The molecule has 1 nitrogen and oxygen atoms in total. The Balaban J connectivity index is 2.28. The maximum Gasteiger partial charge on any atom is 0.144 e. The Morgan fingerprint density at radius 1 is 1.25 bits per heavy atom. The number of halogens is 2. The molecule has 0 saturated carbocycles. The summed E-state index contributed by atoms with van der Waals surface area (Å²) >= 11 is 0. The summed E-state index contributed by atoms with van der Waals surface area (Å²) in [7, 11) is 0. The highest BCUT2D eigenvalue weighted by Gasteiger charge is 2.22. The van der Waals surface area contributed by atoms with Crippen molar-refractivity contribution in [1.82, 2.24) is 5.32 Å². The lowest BCUT2D eigenvalue weighted by Gasteiger charge is -2.19. The molecule has 1 saturated heterocycles. The summed E-state index contributed by atoms with van der Waals surface area (Å²) in [6.45, 7) is 0.794. The first-order valence-electron chi connectivity index (χ1n) is 2.79. The highest BCUT2D eigenvalue weighted by atomic mass is 19.2. The monoisotopic (exact) mass is 121 g/mol. The van der Waals surface area contributed by atoms with Gasteiger partial charge in [-0.25, -0.2) is 8.78 Å². The van der Waals surface area contributed by atoms with Crippen molar-refractivity contribution in [3.8, 4) is 0 Å². The average molecular weight is 121 g/mol. The number of hydrogen-bond donors (Lipinski definition) is 1. The lowest BCUT2D eigenvalue weighted by Crippen LogP contribution is -2.39. The second kappa shape index (κ2) is 2.40. The van der Waals surface area contributed by atoms with E-state index >= 15 is 0 Å². The van der Waals surface area contributed by atoms with Crippen molar-refractivity contribution in [1.29, 1.82) is 0 Å². The zero-order valence-corrected chi connectivity index (χ0v) is 4.53. The van der Waals surface area contributed by atoms with E-state index in [1.807, 2.05) is 0 Å². The molecule has 8 heavy (non-hydrogen) atoms. The van der Waals surface area contributed by atoms with Crippen LogP contribution in [-0.4, -0.2) is 25.4 Å². The van der Waals surface area contributed by atoms with Gasteiger partial charge < -0.3 is 5.32 Å². The molecule has 0 aromatic heterocycles. The SMILES string of the molecule is F[C@@H]1CCNC[C@@H]1F. The molecule has 1 aliphatic heterocycles. The Labute approximate surface area is 47.1 Å². The first-order valence-corrected chi connectivity index (χ1v) is 2.79. The van der Waals surface area contributed by atoms with Crippen molar-refractivity contribution >= 4 is 0 Å². The molecule has 0 aromatic rings. The number of rotatable bonds is 0. The van der Waals surface area contributed by atoms with E-state index in [1.165, 1.54) is 0 Å². The van der Waals surface area contributed by atoms with Gasteiger partial charge in [0, 0.05) is 6.54 Å². The van der Waals surface area contributed by atoms with Gasteiger partial charge in [-0.2, -0.15) is 0 Å². The lowest BCUT2D eigenvalue weighted by atomic mass is 10.1. The molecule has 1 rings (SSSR count). The van der Waals surface area contributed by atoms with E-state index in [0.717, 1.165) is 0 Å². The second-order valence-electron chi connectivity index (χ2n) is 2.02. The van der Waals surface area contributed by atoms with Crippen LogP contribution in [0.1, 0.15) is 6.42 Å². The van der Waals surface area contributed by atoms with Crippen LogP contribution >= 0.6 is 0 Å². The summed E-state index contributed by atoms with van der Waals surface area (Å²) in [5.74, 6) is 0. The van der Waals surface area contributed by atoms with Gasteiger partial charge in [0.1, 0.15) is 12.3 Å². The minimum Gasteiger partial charge on any atom is -0.314 e. The third-order valence-corrected chi connectivity index (χ3v) is 1.33. The zero-order chi connectivity index (χ0) is 5.98. The third-order valence-electron chi connectivity index (χ3n) is 1.33. The molecule has 0 unspecified atom stereocenters. The Morgan fingerprint density at radius 3 is 2.38 bits per heavy atom. The van der Waals surface area contributed by atoms with Gasteiger partial charge in [0.2, 0.25) is 0 Å². The Bertz CT molecular complexity index is 66.8. The molecular formula is C5H9F2N. The topological polar surface area (TPSA) is 12.0 Å². The van der Waals surface area contributed by atoms with E-state index in [4.69, 9.17) is 0 Å². The minimum atomic E-state index is -1.27. The molecular weight excluding hydrogens is 112 g/mol. The van der Waals surface area contributed by atoms with Crippen molar-refractivity contribution in [3.63, 3.8) is 0 Å². The van der Waals surface area contributed by atoms with E-state index in [-0.39, 0.29) is 6.54 Å². The Hall–Kier alpha value is -0.180. The van der Waals surface area contributed by atoms with Gasteiger partial charge in [-0.1, -0.05) is 0 Å². The number of hydrogen-bond acceptors (Lipinski definition) is 1. The van der Waals surface area contributed by atoms with Crippen LogP contribution in [0.15, 0.2) is 0 Å². The van der Waals surface area contributed by atoms with Crippen LogP contribution in [0, 0.1) is 0 Å². The summed E-state index contributed by atoms with van der Waals surface area (Å²) in [6, 6.07) is 0. The van der Waals surface area contributed by atoms with E-state index in [0.29, 0.717) is 13.0 Å². The lowest BCUT2D eigenvalue weighted by molar-refractivity contribution is 0.131. The van der Waals surface area contributed by atoms with Crippen LogP contribution in [0.5, 0.6) is 0 Å². The molecule has 0 spiro atoms. The van der Waals surface area contributed by atoms with Gasteiger partial charge in [-0.05, 0) is 13.0 Å². The summed E-state index contributed by atoms with van der Waals surface area (Å²) in [5.41, 5.74) is 0. The Morgan fingerprint density at radius 2 is 2.00 bits per heavy atom. The van der Waals surface area contributed by atoms with Crippen molar-refractivity contribution in [2.45, 2.75) is 18.8 Å². The summed E-state index contributed by atoms with van der Waals surface area (Å²) < 4.78 is 24.3. The van der Waals surface area contributed by atoms with Crippen LogP contribution in [0.25, 0.3) is 0 Å².